The van der Waals surface area contributed by atoms with Crippen molar-refractivity contribution in [2.75, 3.05) is 46.0 Å². The molecule has 1 saturated heterocycles. The minimum atomic E-state index is -1.32. The van der Waals surface area contributed by atoms with Crippen molar-refractivity contribution in [2.24, 2.45) is 5.92 Å². The monoisotopic (exact) mass is 444 g/mol. The highest BCUT2D eigenvalue weighted by Crippen LogP contribution is 2.43. The van der Waals surface area contributed by atoms with Gasteiger partial charge in [-0.3, -0.25) is 14.2 Å². The molecule has 1 atom stereocenters. The number of likely N-dealkylation sites (tertiary alicyclic amines) is 1. The van der Waals surface area contributed by atoms with Crippen LogP contribution in [0.5, 0.6) is 11.5 Å². The molecule has 1 fully saturated rings. The molecule has 0 amide bonds. The van der Waals surface area contributed by atoms with Crippen molar-refractivity contribution in [2.45, 2.75) is 38.4 Å². The van der Waals surface area contributed by atoms with Gasteiger partial charge in [-0.15, -0.1) is 0 Å². The second-order valence-corrected chi connectivity index (χ2v) is 9.96. The van der Waals surface area contributed by atoms with E-state index in [1.165, 1.54) is 0 Å². The van der Waals surface area contributed by atoms with Crippen molar-refractivity contribution in [1.29, 1.82) is 0 Å². The van der Waals surface area contributed by atoms with Gasteiger partial charge >= 0.3 is 0 Å². The highest BCUT2D eigenvalue weighted by atomic mass is 19.1. The third-order valence-corrected chi connectivity index (χ3v) is 6.81. The van der Waals surface area contributed by atoms with Crippen molar-refractivity contribution >= 4 is 0 Å². The standard InChI is InChI=1S/C26H34F2N2O2/c1-25(2,28)18-30-11-10-20-14-22(31)6-9-24(20)26(30,3)21-4-7-23(8-5-21)32-13-12-29-16-19(15-27)17-29/h4-9,14,19,31H,10-13,15-18H2,1-3H3/t26-/m1/s1. The lowest BCUT2D eigenvalue weighted by atomic mass is 9.76. The smallest absolute Gasteiger partial charge is 0.119 e. The van der Waals surface area contributed by atoms with Crippen molar-refractivity contribution in [3.63, 3.8) is 0 Å². The fourth-order valence-corrected chi connectivity index (χ4v) is 5.07. The lowest BCUT2D eigenvalue weighted by Gasteiger charge is -2.48. The van der Waals surface area contributed by atoms with E-state index in [1.54, 1.807) is 19.9 Å². The summed E-state index contributed by atoms with van der Waals surface area (Å²) < 4.78 is 33.2. The van der Waals surface area contributed by atoms with Crippen LogP contribution in [0, 0.1) is 5.92 Å². The van der Waals surface area contributed by atoms with Gasteiger partial charge < -0.3 is 9.84 Å². The van der Waals surface area contributed by atoms with E-state index in [2.05, 4.69) is 28.9 Å². The van der Waals surface area contributed by atoms with E-state index in [0.717, 1.165) is 48.5 Å². The number of ether oxygens (including phenoxy) is 1. The number of hydrogen-bond acceptors (Lipinski definition) is 4. The maximum atomic E-state index is 14.7. The lowest BCUT2D eigenvalue weighted by molar-refractivity contribution is 0.0539. The first-order chi connectivity index (χ1) is 15.2. The highest BCUT2D eigenvalue weighted by Gasteiger charge is 2.42. The summed E-state index contributed by atoms with van der Waals surface area (Å²) >= 11 is 0. The van der Waals surface area contributed by atoms with Gasteiger partial charge in [0.15, 0.2) is 0 Å². The Balaban J connectivity index is 1.52. The van der Waals surface area contributed by atoms with E-state index < -0.39 is 11.2 Å². The molecule has 2 aliphatic rings. The zero-order valence-corrected chi connectivity index (χ0v) is 19.3. The van der Waals surface area contributed by atoms with Crippen LogP contribution < -0.4 is 4.74 Å². The van der Waals surface area contributed by atoms with E-state index in [4.69, 9.17) is 4.74 Å². The van der Waals surface area contributed by atoms with Crippen molar-refractivity contribution < 1.29 is 18.6 Å². The molecule has 6 heteroatoms. The van der Waals surface area contributed by atoms with Gasteiger partial charge in [-0.2, -0.15) is 0 Å². The maximum Gasteiger partial charge on any atom is 0.119 e. The minimum Gasteiger partial charge on any atom is -0.508 e. The largest absolute Gasteiger partial charge is 0.508 e. The van der Waals surface area contributed by atoms with Gasteiger partial charge in [-0.25, -0.2) is 4.39 Å². The summed E-state index contributed by atoms with van der Waals surface area (Å²) in [5.41, 5.74) is 1.43. The van der Waals surface area contributed by atoms with Gasteiger partial charge in [0.2, 0.25) is 0 Å². The van der Waals surface area contributed by atoms with Crippen molar-refractivity contribution in [3.05, 3.63) is 59.2 Å². The Bertz CT molecular complexity index is 922. The third kappa shape index (κ3) is 4.76. The molecule has 0 bridgehead atoms. The molecule has 0 aromatic heterocycles. The summed E-state index contributed by atoms with van der Waals surface area (Å²) in [5.74, 6) is 1.24. The molecule has 4 rings (SSSR count). The summed E-state index contributed by atoms with van der Waals surface area (Å²) in [7, 11) is 0. The van der Waals surface area contributed by atoms with E-state index in [-0.39, 0.29) is 18.3 Å². The molecule has 2 aliphatic heterocycles. The Morgan fingerprint density at radius 3 is 2.53 bits per heavy atom. The molecule has 2 aromatic rings. The highest BCUT2D eigenvalue weighted by molar-refractivity contribution is 5.48. The van der Waals surface area contributed by atoms with E-state index in [0.29, 0.717) is 19.7 Å². The minimum absolute atomic E-state index is 0.188. The number of rotatable bonds is 8. The molecule has 0 radical (unpaired) electrons. The first-order valence-electron chi connectivity index (χ1n) is 11.5. The number of fused-ring (bicyclic) bond motifs is 1. The van der Waals surface area contributed by atoms with Crippen LogP contribution in [0.15, 0.2) is 42.5 Å². The number of aromatic hydroxyl groups is 1. The lowest BCUT2D eigenvalue weighted by Crippen LogP contribution is -2.53. The first kappa shape index (κ1) is 23.0. The van der Waals surface area contributed by atoms with Crippen molar-refractivity contribution in [3.8, 4) is 11.5 Å². The summed E-state index contributed by atoms with van der Waals surface area (Å²) in [6, 6.07) is 13.5. The quantitative estimate of drug-likeness (QED) is 0.649. The number of alkyl halides is 2. The van der Waals surface area contributed by atoms with Crippen LogP contribution in [0.4, 0.5) is 8.78 Å². The van der Waals surface area contributed by atoms with Crippen LogP contribution in [-0.2, 0) is 12.0 Å². The molecule has 0 spiro atoms. The van der Waals surface area contributed by atoms with Crippen LogP contribution in [-0.4, -0.2) is 66.6 Å². The van der Waals surface area contributed by atoms with Gasteiger partial charge in [-0.05, 0) is 68.1 Å². The molecule has 174 valence electrons. The number of phenolic OH excluding ortho intramolecular Hbond substituents is 1. The third-order valence-electron chi connectivity index (χ3n) is 6.81. The Morgan fingerprint density at radius 1 is 1.16 bits per heavy atom. The molecular formula is C26H34F2N2O2. The molecular weight excluding hydrogens is 410 g/mol. The van der Waals surface area contributed by atoms with Crippen LogP contribution in [0.3, 0.4) is 0 Å². The molecule has 0 unspecified atom stereocenters. The van der Waals surface area contributed by atoms with Gasteiger partial charge in [0, 0.05) is 38.6 Å². The van der Waals surface area contributed by atoms with Gasteiger partial charge in [-0.1, -0.05) is 18.2 Å². The van der Waals surface area contributed by atoms with E-state index in [9.17, 15) is 13.9 Å². The number of phenols is 1. The fourth-order valence-electron chi connectivity index (χ4n) is 5.07. The fraction of sp³-hybridized carbons (Fsp3) is 0.538. The summed E-state index contributed by atoms with van der Waals surface area (Å²) in [4.78, 5) is 4.40. The zero-order chi connectivity index (χ0) is 22.9. The number of halogens is 2. The average molecular weight is 445 g/mol. The summed E-state index contributed by atoms with van der Waals surface area (Å²) in [5, 5.41) is 9.98. The average Bonchev–Trinajstić information content (AvgIpc) is 2.71. The molecule has 32 heavy (non-hydrogen) atoms. The predicted molar refractivity (Wildman–Crippen MR) is 123 cm³/mol. The van der Waals surface area contributed by atoms with Gasteiger partial charge in [0.25, 0.3) is 0 Å². The van der Waals surface area contributed by atoms with Crippen LogP contribution in [0.2, 0.25) is 0 Å². The molecule has 2 heterocycles. The van der Waals surface area contributed by atoms with Crippen LogP contribution in [0.25, 0.3) is 0 Å². The maximum absolute atomic E-state index is 14.7. The molecule has 4 nitrogen and oxygen atoms in total. The van der Waals surface area contributed by atoms with Gasteiger partial charge in [0.1, 0.15) is 23.8 Å². The summed E-state index contributed by atoms with van der Waals surface area (Å²) in [6.07, 6.45) is 0.774. The molecule has 2 aromatic carbocycles. The predicted octanol–water partition coefficient (Wildman–Crippen LogP) is 4.54. The second-order valence-electron chi connectivity index (χ2n) is 9.96. The normalized spacial score (nSPS) is 22.4. The zero-order valence-electron chi connectivity index (χ0n) is 19.3. The van der Waals surface area contributed by atoms with Crippen molar-refractivity contribution in [1.82, 2.24) is 9.80 Å². The number of hydrogen-bond donors (Lipinski definition) is 1. The molecule has 1 N–H and O–H groups in total. The Kier molecular flexibility index (Phi) is 6.46. The van der Waals surface area contributed by atoms with E-state index in [1.807, 2.05) is 24.3 Å². The number of benzene rings is 2. The topological polar surface area (TPSA) is 35.9 Å². The molecule has 0 aliphatic carbocycles. The Morgan fingerprint density at radius 2 is 1.88 bits per heavy atom. The van der Waals surface area contributed by atoms with Crippen LogP contribution >= 0.6 is 0 Å². The van der Waals surface area contributed by atoms with E-state index >= 15 is 0 Å². The Labute approximate surface area is 189 Å². The second kappa shape index (κ2) is 8.99. The SMILES string of the molecule is CC(C)(F)CN1CCc2cc(O)ccc2[C@@]1(C)c1ccc(OCCN2CC(CF)C2)cc1. The number of nitrogens with zero attached hydrogens (tertiary/aromatic N) is 2. The Hall–Kier alpha value is -2.18. The first-order valence-corrected chi connectivity index (χ1v) is 11.5. The van der Waals surface area contributed by atoms with Crippen LogP contribution in [0.1, 0.15) is 37.5 Å². The molecule has 0 saturated carbocycles. The van der Waals surface area contributed by atoms with Gasteiger partial charge in [0.05, 0.1) is 12.2 Å². The summed E-state index contributed by atoms with van der Waals surface area (Å²) in [6.45, 7) is 9.15.